The summed E-state index contributed by atoms with van der Waals surface area (Å²) in [5.74, 6) is -1.95. The molecule has 8 nitrogen and oxygen atoms in total. The molecule has 1 saturated carbocycles. The lowest BCUT2D eigenvalue weighted by molar-refractivity contribution is -0.141. The van der Waals surface area contributed by atoms with Crippen molar-refractivity contribution < 1.29 is 19.1 Å². The van der Waals surface area contributed by atoms with Crippen LogP contribution >= 0.6 is 0 Å². The summed E-state index contributed by atoms with van der Waals surface area (Å²) in [7, 11) is 2.05. The molecule has 1 aliphatic carbocycles. The average molecular weight is 523 g/mol. The minimum absolute atomic E-state index is 0.124. The molecule has 2 N–H and O–H groups in total. The zero-order chi connectivity index (χ0) is 26.9. The number of rotatable bonds is 10. The number of unbranched alkanes of at least 4 members (excludes halogenated alkanes) is 1. The highest BCUT2D eigenvalue weighted by molar-refractivity contribution is 6.02. The van der Waals surface area contributed by atoms with E-state index < -0.39 is 29.6 Å². The van der Waals surface area contributed by atoms with E-state index in [2.05, 4.69) is 22.5 Å². The quantitative estimate of drug-likeness (QED) is 0.461. The summed E-state index contributed by atoms with van der Waals surface area (Å²) in [6.45, 7) is 6.18. The predicted octanol–water partition coefficient (Wildman–Crippen LogP) is 3.26. The van der Waals surface area contributed by atoms with Crippen molar-refractivity contribution in [3.63, 3.8) is 0 Å². The number of fused-ring (bicyclic) bond motifs is 1. The van der Waals surface area contributed by atoms with Crippen molar-refractivity contribution in [2.24, 2.45) is 11.8 Å². The van der Waals surface area contributed by atoms with Crippen molar-refractivity contribution in [2.75, 3.05) is 32.0 Å². The SMILES string of the molecule is CCCCN(C)CCN1C(=O)[C@@H]2[C@@H](C(=O)Nc3ccc(C)cc3)[C@@H]3C=C[C@@]2(O3)[C@H]1C(=O)NC1CCCCC1. The molecule has 4 aliphatic rings. The summed E-state index contributed by atoms with van der Waals surface area (Å²) in [5, 5.41) is 6.24. The molecule has 5 atom stereocenters. The van der Waals surface area contributed by atoms with Crippen molar-refractivity contribution in [1.29, 1.82) is 0 Å². The Kier molecular flexibility index (Phi) is 7.91. The number of hydrogen-bond acceptors (Lipinski definition) is 5. The van der Waals surface area contributed by atoms with Crippen molar-refractivity contribution in [2.45, 2.75) is 82.6 Å². The second kappa shape index (κ2) is 11.2. The Bertz CT molecular complexity index is 1070. The number of amides is 3. The summed E-state index contributed by atoms with van der Waals surface area (Å²) in [6.07, 6.45) is 10.8. The molecule has 1 aromatic carbocycles. The summed E-state index contributed by atoms with van der Waals surface area (Å²) in [6, 6.07) is 6.96. The Labute approximate surface area is 226 Å². The number of nitrogens with zero attached hydrogens (tertiary/aromatic N) is 2. The van der Waals surface area contributed by atoms with Gasteiger partial charge in [0.05, 0.1) is 17.9 Å². The standard InChI is InChI=1S/C30H42N4O4/c1-4-5-17-33(3)18-19-34-26(28(36)32-21-9-7-6-8-10-21)30-16-15-23(38-30)24(25(30)29(34)37)27(35)31-22-13-11-20(2)12-14-22/h11-16,21,23-26H,4-10,17-19H2,1-3H3,(H,31,35)(H,32,36)/t23-,24-,25-,26+,30-/m0/s1. The first kappa shape index (κ1) is 26.9. The smallest absolute Gasteiger partial charge is 0.246 e. The maximum absolute atomic E-state index is 14.1. The normalized spacial score (nSPS) is 30.2. The third-order valence-electron chi connectivity index (χ3n) is 8.81. The van der Waals surface area contributed by atoms with E-state index >= 15 is 0 Å². The van der Waals surface area contributed by atoms with Gasteiger partial charge >= 0.3 is 0 Å². The topological polar surface area (TPSA) is 91.0 Å². The van der Waals surface area contributed by atoms with Crippen LogP contribution in [0.25, 0.3) is 0 Å². The molecule has 2 saturated heterocycles. The maximum Gasteiger partial charge on any atom is 0.246 e. The van der Waals surface area contributed by atoms with Crippen LogP contribution in [-0.4, -0.2) is 78.0 Å². The van der Waals surface area contributed by atoms with Crippen LogP contribution in [0.4, 0.5) is 5.69 Å². The summed E-state index contributed by atoms with van der Waals surface area (Å²) in [4.78, 5) is 45.4. The number of likely N-dealkylation sites (tertiary alicyclic amines) is 1. The molecule has 0 unspecified atom stereocenters. The van der Waals surface area contributed by atoms with Crippen molar-refractivity contribution in [3.05, 3.63) is 42.0 Å². The molecular formula is C30H42N4O4. The fourth-order valence-corrected chi connectivity index (χ4v) is 6.72. The molecule has 1 aromatic rings. The molecule has 3 aliphatic heterocycles. The summed E-state index contributed by atoms with van der Waals surface area (Å²) < 4.78 is 6.46. The molecule has 0 aromatic heterocycles. The van der Waals surface area contributed by atoms with Crippen LogP contribution in [0.3, 0.4) is 0 Å². The van der Waals surface area contributed by atoms with Gasteiger partial charge in [-0.15, -0.1) is 0 Å². The van der Waals surface area contributed by atoms with Crippen LogP contribution in [0.2, 0.25) is 0 Å². The molecule has 3 fully saturated rings. The Balaban J connectivity index is 1.39. The van der Waals surface area contributed by atoms with Gasteiger partial charge < -0.3 is 25.2 Å². The Morgan fingerprint density at radius 3 is 2.55 bits per heavy atom. The van der Waals surface area contributed by atoms with Crippen LogP contribution < -0.4 is 10.6 Å². The van der Waals surface area contributed by atoms with Gasteiger partial charge in [-0.3, -0.25) is 14.4 Å². The van der Waals surface area contributed by atoms with E-state index in [0.717, 1.165) is 50.6 Å². The van der Waals surface area contributed by atoms with Gasteiger partial charge in [0.1, 0.15) is 11.6 Å². The van der Waals surface area contributed by atoms with E-state index in [1.54, 1.807) is 4.90 Å². The first-order valence-corrected chi connectivity index (χ1v) is 14.4. The zero-order valence-corrected chi connectivity index (χ0v) is 22.9. The minimum atomic E-state index is -1.11. The van der Waals surface area contributed by atoms with Crippen LogP contribution in [0.15, 0.2) is 36.4 Å². The van der Waals surface area contributed by atoms with E-state index in [1.165, 1.54) is 6.42 Å². The average Bonchev–Trinajstić information content (AvgIpc) is 3.55. The Morgan fingerprint density at radius 2 is 1.84 bits per heavy atom. The first-order chi connectivity index (χ1) is 18.3. The fourth-order valence-electron chi connectivity index (χ4n) is 6.72. The second-order valence-electron chi connectivity index (χ2n) is 11.6. The van der Waals surface area contributed by atoms with E-state index in [9.17, 15) is 14.4 Å². The number of benzene rings is 1. The van der Waals surface area contributed by atoms with Gasteiger partial charge in [0.15, 0.2) is 0 Å². The lowest BCUT2D eigenvalue weighted by atomic mass is 9.74. The molecule has 5 rings (SSSR count). The van der Waals surface area contributed by atoms with Crippen LogP contribution in [0.5, 0.6) is 0 Å². The monoisotopic (exact) mass is 522 g/mol. The number of likely N-dealkylation sites (N-methyl/N-ethyl adjacent to an activating group) is 1. The molecule has 1 spiro atoms. The van der Waals surface area contributed by atoms with E-state index in [4.69, 9.17) is 4.74 Å². The van der Waals surface area contributed by atoms with Gasteiger partial charge in [-0.25, -0.2) is 0 Å². The number of carbonyl (C=O) groups is 3. The van der Waals surface area contributed by atoms with Crippen molar-refractivity contribution in [1.82, 2.24) is 15.1 Å². The van der Waals surface area contributed by atoms with Crippen LogP contribution in [0, 0.1) is 18.8 Å². The van der Waals surface area contributed by atoms with Gasteiger partial charge in [0.25, 0.3) is 0 Å². The van der Waals surface area contributed by atoms with Gasteiger partial charge in [0.2, 0.25) is 17.7 Å². The number of ether oxygens (including phenoxy) is 1. The van der Waals surface area contributed by atoms with Crippen molar-refractivity contribution in [3.8, 4) is 0 Å². The number of carbonyl (C=O) groups excluding carboxylic acids is 3. The molecular weight excluding hydrogens is 480 g/mol. The lowest BCUT2D eigenvalue weighted by Crippen LogP contribution is -2.57. The predicted molar refractivity (Wildman–Crippen MR) is 146 cm³/mol. The molecule has 3 amide bonds. The van der Waals surface area contributed by atoms with Crippen molar-refractivity contribution >= 4 is 23.4 Å². The molecule has 2 bridgehead atoms. The number of aryl methyl sites for hydroxylation is 1. The Hall–Kier alpha value is -2.71. The van der Waals surface area contributed by atoms with E-state index in [-0.39, 0.29) is 23.8 Å². The second-order valence-corrected chi connectivity index (χ2v) is 11.6. The van der Waals surface area contributed by atoms with Crippen LogP contribution in [0.1, 0.15) is 57.4 Å². The lowest BCUT2D eigenvalue weighted by Gasteiger charge is -2.34. The highest BCUT2D eigenvalue weighted by Crippen LogP contribution is 2.55. The van der Waals surface area contributed by atoms with Gasteiger partial charge in [0, 0.05) is 24.8 Å². The molecule has 0 radical (unpaired) electrons. The number of nitrogens with one attached hydrogen (secondary N) is 2. The number of hydrogen-bond donors (Lipinski definition) is 2. The third-order valence-corrected chi connectivity index (χ3v) is 8.81. The summed E-state index contributed by atoms with van der Waals surface area (Å²) in [5.41, 5.74) is 0.677. The van der Waals surface area contributed by atoms with Gasteiger partial charge in [-0.2, -0.15) is 0 Å². The van der Waals surface area contributed by atoms with Crippen LogP contribution in [-0.2, 0) is 19.1 Å². The van der Waals surface area contributed by atoms with E-state index in [1.807, 2.05) is 50.4 Å². The molecule has 8 heteroatoms. The molecule has 3 heterocycles. The van der Waals surface area contributed by atoms with Gasteiger partial charge in [-0.05, 0) is 51.9 Å². The highest BCUT2D eigenvalue weighted by atomic mass is 16.5. The molecule has 38 heavy (non-hydrogen) atoms. The largest absolute Gasteiger partial charge is 0.359 e. The summed E-state index contributed by atoms with van der Waals surface area (Å²) >= 11 is 0. The van der Waals surface area contributed by atoms with E-state index in [0.29, 0.717) is 18.8 Å². The Morgan fingerprint density at radius 1 is 1.11 bits per heavy atom. The first-order valence-electron chi connectivity index (χ1n) is 14.4. The number of anilines is 1. The zero-order valence-electron chi connectivity index (χ0n) is 22.9. The fraction of sp³-hybridized carbons (Fsp3) is 0.633. The minimum Gasteiger partial charge on any atom is -0.359 e. The molecule has 206 valence electrons. The van der Waals surface area contributed by atoms with Gasteiger partial charge in [-0.1, -0.05) is 62.5 Å². The maximum atomic E-state index is 14.1. The highest BCUT2D eigenvalue weighted by Gasteiger charge is 2.72. The third kappa shape index (κ3) is 5.00.